The first-order valence-corrected chi connectivity index (χ1v) is 10.6. The lowest BCUT2D eigenvalue weighted by Gasteiger charge is -2.39. The summed E-state index contributed by atoms with van der Waals surface area (Å²) in [5, 5.41) is 3.78. The molecule has 1 amide bonds. The monoisotopic (exact) mass is 444 g/mol. The number of rotatable bonds is 6. The third-order valence-corrected chi connectivity index (χ3v) is 7.12. The molecule has 1 aromatic heterocycles. The minimum absolute atomic E-state index is 0.109. The quantitative estimate of drug-likeness (QED) is 0.211. The Hall–Kier alpha value is -2.96. The van der Waals surface area contributed by atoms with Crippen LogP contribution in [0.2, 0.25) is 0 Å². The van der Waals surface area contributed by atoms with Crippen molar-refractivity contribution in [2.45, 2.75) is 23.0 Å². The van der Waals surface area contributed by atoms with E-state index in [0.717, 1.165) is 0 Å². The van der Waals surface area contributed by atoms with Crippen molar-refractivity contribution in [2.24, 2.45) is 17.4 Å². The molecule has 4 aliphatic rings. The van der Waals surface area contributed by atoms with Crippen LogP contribution < -0.4 is 16.8 Å². The van der Waals surface area contributed by atoms with E-state index < -0.39 is 23.5 Å². The summed E-state index contributed by atoms with van der Waals surface area (Å²) in [6.45, 7) is 0.295. The largest absolute Gasteiger partial charge is 0.449 e. The van der Waals surface area contributed by atoms with Crippen molar-refractivity contribution in [1.82, 2.24) is 20.2 Å². The molecular formula is C19H20N6O5S. The zero-order chi connectivity index (χ0) is 21.9. The van der Waals surface area contributed by atoms with Crippen LogP contribution in [0.3, 0.4) is 0 Å². The molecule has 2 saturated heterocycles. The van der Waals surface area contributed by atoms with Gasteiger partial charge in [0, 0.05) is 49.0 Å². The van der Waals surface area contributed by atoms with Gasteiger partial charge in [-0.25, -0.2) is 14.8 Å². The number of piperazine rings is 1. The van der Waals surface area contributed by atoms with E-state index in [1.807, 2.05) is 4.90 Å². The van der Waals surface area contributed by atoms with Gasteiger partial charge in [-0.15, -0.1) is 0 Å². The Balaban J connectivity index is 1.51. The maximum absolute atomic E-state index is 13.5. The number of thioether (sulfide) groups is 1. The number of ketones is 2. The molecule has 5 N–H and O–H groups in total. The first kappa shape index (κ1) is 20.0. The number of Topliss-reactive ketones (excluding diaryl/α,β-unsaturated/α-hetero) is 2. The number of ether oxygens (including phenoxy) is 2. The molecule has 0 bridgehead atoms. The number of allylic oxidation sites excluding steroid dienone is 2. The van der Waals surface area contributed by atoms with Gasteiger partial charge in [-0.1, -0.05) is 11.8 Å². The zero-order valence-corrected chi connectivity index (χ0v) is 17.3. The molecule has 0 aromatic carbocycles. The number of hydrogen-bond donors (Lipinski definition) is 3. The van der Waals surface area contributed by atoms with Crippen LogP contribution in [0.25, 0.3) is 0 Å². The number of nitrogens with one attached hydrogen (secondary N) is 1. The highest BCUT2D eigenvalue weighted by molar-refractivity contribution is 7.99. The summed E-state index contributed by atoms with van der Waals surface area (Å²) >= 11 is 1.22. The van der Waals surface area contributed by atoms with Crippen molar-refractivity contribution in [3.05, 3.63) is 41.0 Å². The van der Waals surface area contributed by atoms with E-state index in [1.165, 1.54) is 18.9 Å². The van der Waals surface area contributed by atoms with Crippen LogP contribution in [-0.2, 0) is 19.1 Å². The highest BCUT2D eigenvalue weighted by Gasteiger charge is 2.72. The summed E-state index contributed by atoms with van der Waals surface area (Å²) in [6.07, 6.45) is 2.22. The second-order valence-electron chi connectivity index (χ2n) is 7.63. The fourth-order valence-electron chi connectivity index (χ4n) is 4.88. The van der Waals surface area contributed by atoms with Crippen LogP contribution in [0.15, 0.2) is 46.2 Å². The molecule has 1 aliphatic carbocycles. The average Bonchev–Trinajstić information content (AvgIpc) is 3.37. The molecule has 5 rings (SSSR count). The molecule has 31 heavy (non-hydrogen) atoms. The molecule has 4 atom stereocenters. The Morgan fingerprint density at radius 3 is 2.77 bits per heavy atom. The van der Waals surface area contributed by atoms with Crippen LogP contribution in [0, 0.1) is 5.92 Å². The van der Waals surface area contributed by atoms with Crippen LogP contribution in [0.5, 0.6) is 0 Å². The maximum atomic E-state index is 13.5. The topological polar surface area (TPSA) is 173 Å². The summed E-state index contributed by atoms with van der Waals surface area (Å²) in [4.78, 5) is 48.2. The Labute approximate surface area is 181 Å². The number of nitrogens with zero attached hydrogens (tertiary/aromatic N) is 3. The first-order valence-electron chi connectivity index (χ1n) is 9.63. The number of aromatic nitrogens is 2. The lowest BCUT2D eigenvalue weighted by molar-refractivity contribution is -0.137. The summed E-state index contributed by atoms with van der Waals surface area (Å²) in [5.41, 5.74) is 10.8. The number of primary amides is 1. The smallest absolute Gasteiger partial charge is 0.404 e. The molecule has 4 heterocycles. The molecule has 1 aromatic rings. The molecular weight excluding hydrogens is 424 g/mol. The van der Waals surface area contributed by atoms with Crippen LogP contribution in [-0.4, -0.2) is 76.4 Å². The fourth-order valence-corrected chi connectivity index (χ4v) is 5.71. The lowest BCUT2D eigenvalue weighted by atomic mass is 9.82. The number of amides is 1. The van der Waals surface area contributed by atoms with Crippen LogP contribution in [0.1, 0.15) is 0 Å². The predicted molar refractivity (Wildman–Crippen MR) is 107 cm³/mol. The normalized spacial score (nSPS) is 31.0. The lowest BCUT2D eigenvalue weighted by Crippen LogP contribution is -2.55. The third kappa shape index (κ3) is 2.78. The van der Waals surface area contributed by atoms with Gasteiger partial charge in [0.15, 0.2) is 10.9 Å². The van der Waals surface area contributed by atoms with Gasteiger partial charge in [0.1, 0.15) is 6.61 Å². The minimum atomic E-state index is -1.03. The van der Waals surface area contributed by atoms with Gasteiger partial charge >= 0.3 is 6.09 Å². The Morgan fingerprint density at radius 2 is 2.10 bits per heavy atom. The van der Waals surface area contributed by atoms with Gasteiger partial charge in [-0.3, -0.25) is 9.59 Å². The molecule has 0 saturated carbocycles. The van der Waals surface area contributed by atoms with E-state index in [1.54, 1.807) is 18.5 Å². The van der Waals surface area contributed by atoms with Crippen LogP contribution in [0.4, 0.5) is 4.79 Å². The van der Waals surface area contributed by atoms with Crippen molar-refractivity contribution < 1.29 is 23.9 Å². The zero-order valence-electron chi connectivity index (χ0n) is 16.5. The number of methoxy groups -OCH3 is 1. The maximum Gasteiger partial charge on any atom is 0.404 e. The molecule has 2 fully saturated rings. The van der Waals surface area contributed by atoms with Gasteiger partial charge in [0.25, 0.3) is 0 Å². The van der Waals surface area contributed by atoms with Gasteiger partial charge in [-0.05, 0) is 6.07 Å². The second kappa shape index (κ2) is 7.04. The number of hydrogen-bond acceptors (Lipinski definition) is 11. The van der Waals surface area contributed by atoms with Gasteiger partial charge < -0.3 is 31.2 Å². The fraction of sp³-hybridized carbons (Fsp3) is 0.421. The molecule has 12 heteroatoms. The van der Waals surface area contributed by atoms with E-state index in [9.17, 15) is 14.4 Å². The third-order valence-electron chi connectivity index (χ3n) is 6.22. The van der Waals surface area contributed by atoms with Crippen molar-refractivity contribution >= 4 is 29.4 Å². The highest BCUT2D eigenvalue weighted by Crippen LogP contribution is 2.55. The minimum Gasteiger partial charge on any atom is -0.449 e. The van der Waals surface area contributed by atoms with Crippen molar-refractivity contribution in [3.8, 4) is 0 Å². The first-order chi connectivity index (χ1) is 14.9. The van der Waals surface area contributed by atoms with Gasteiger partial charge in [0.2, 0.25) is 11.6 Å². The average molecular weight is 444 g/mol. The standard InChI is InChI=1S/C19H20N6O5S/c1-29-19-9(6-30-17(21)28)11-13(25(19)5-10-16(19)24-10)14(26)8(12(20)15(11)27)7-31-18-22-3-2-4-23-18/h2-4,9-10,16,24H,5-7,20H2,1H3,(H2,21,28)/t9-,10+,16+,19-/m1/s1. The molecule has 3 aliphatic heterocycles. The number of carbonyl (C=O) groups is 3. The van der Waals surface area contributed by atoms with Crippen molar-refractivity contribution in [3.63, 3.8) is 0 Å². The second-order valence-corrected chi connectivity index (χ2v) is 8.58. The van der Waals surface area contributed by atoms with Crippen molar-refractivity contribution in [1.29, 1.82) is 0 Å². The van der Waals surface area contributed by atoms with E-state index in [0.29, 0.717) is 11.7 Å². The summed E-state index contributed by atoms with van der Waals surface area (Å²) in [7, 11) is 1.51. The SMILES string of the molecule is CO[C@@]12[C@H](COC(N)=O)C3=C(C(=O)C(CSc4ncccn4)=C(N)C3=O)N1C[C@@H]1N[C@@H]12. The molecule has 0 spiro atoms. The summed E-state index contributed by atoms with van der Waals surface area (Å²) in [6, 6.07) is 1.70. The van der Waals surface area contributed by atoms with E-state index in [-0.39, 0.29) is 52.8 Å². The molecule has 162 valence electrons. The summed E-state index contributed by atoms with van der Waals surface area (Å²) < 4.78 is 11.0. The van der Waals surface area contributed by atoms with E-state index >= 15 is 0 Å². The predicted octanol–water partition coefficient (Wildman–Crippen LogP) is -1.09. The Morgan fingerprint density at radius 1 is 1.35 bits per heavy atom. The highest BCUT2D eigenvalue weighted by atomic mass is 32.2. The van der Waals surface area contributed by atoms with Crippen LogP contribution >= 0.6 is 11.8 Å². The summed E-state index contributed by atoms with van der Waals surface area (Å²) in [5.74, 6) is -1.34. The molecule has 0 unspecified atom stereocenters. The Bertz CT molecular complexity index is 1060. The molecule has 0 radical (unpaired) electrons. The molecule has 11 nitrogen and oxygen atoms in total. The van der Waals surface area contributed by atoms with E-state index in [4.69, 9.17) is 20.9 Å². The number of fused-ring (bicyclic) bond motifs is 4. The number of nitrogens with two attached hydrogens (primary N) is 2. The van der Waals surface area contributed by atoms with Gasteiger partial charge in [-0.2, -0.15) is 0 Å². The van der Waals surface area contributed by atoms with E-state index in [2.05, 4.69) is 15.3 Å². The van der Waals surface area contributed by atoms with Crippen molar-refractivity contribution in [2.75, 3.05) is 26.0 Å². The Kier molecular flexibility index (Phi) is 4.53. The number of carbonyl (C=O) groups excluding carboxylic acids is 3. The van der Waals surface area contributed by atoms with Gasteiger partial charge in [0.05, 0.1) is 23.4 Å².